The molecule has 2 N–H and O–H groups in total. The molecule has 3 rings (SSSR count). The third-order valence-corrected chi connectivity index (χ3v) is 2.73. The largest absolute Gasteiger partial charge is 0.345 e. The number of carbonyl (C=O) groups excluding carboxylic acids is 1. The first-order valence-corrected chi connectivity index (χ1v) is 6.00. The molecule has 0 aliphatic carbocycles. The Kier molecular flexibility index (Phi) is 3.20. The van der Waals surface area contributed by atoms with E-state index in [9.17, 15) is 4.79 Å². The number of imidazole rings is 1. The third-order valence-electron chi connectivity index (χ3n) is 2.73. The number of hydrogen-bond acceptors (Lipinski definition) is 4. The molecule has 0 unspecified atom stereocenters. The van der Waals surface area contributed by atoms with E-state index in [-0.39, 0.29) is 5.91 Å². The molecule has 1 amide bonds. The molecule has 0 bridgehead atoms. The fourth-order valence-electron chi connectivity index (χ4n) is 1.75. The monoisotopic (exact) mass is 265 g/mol. The van der Waals surface area contributed by atoms with Crippen LogP contribution in [0.5, 0.6) is 0 Å². The number of benzene rings is 1. The van der Waals surface area contributed by atoms with Crippen molar-refractivity contribution >= 4 is 23.2 Å². The lowest BCUT2D eigenvalue weighted by molar-refractivity contribution is 0.0955. The summed E-state index contributed by atoms with van der Waals surface area (Å²) in [6.07, 6.45) is 4.74. The second-order valence-electron chi connectivity index (χ2n) is 4.09. The van der Waals surface area contributed by atoms with E-state index in [1.165, 1.54) is 6.21 Å². The summed E-state index contributed by atoms with van der Waals surface area (Å²) >= 11 is 0. The number of aromatic nitrogens is 3. The molecule has 2 aromatic heterocycles. The highest BCUT2D eigenvalue weighted by molar-refractivity contribution is 5.97. The zero-order chi connectivity index (χ0) is 13.8. The van der Waals surface area contributed by atoms with Crippen LogP contribution in [-0.4, -0.2) is 27.1 Å². The van der Waals surface area contributed by atoms with Crippen LogP contribution in [0.25, 0.3) is 11.0 Å². The van der Waals surface area contributed by atoms with Crippen molar-refractivity contribution in [2.24, 2.45) is 5.10 Å². The number of hydrogen-bond donors (Lipinski definition) is 2. The minimum absolute atomic E-state index is 0.284. The maximum Gasteiger partial charge on any atom is 0.271 e. The summed E-state index contributed by atoms with van der Waals surface area (Å²) in [5.74, 6) is -0.284. The van der Waals surface area contributed by atoms with Gasteiger partial charge in [0.25, 0.3) is 5.91 Å². The number of fused-ring (bicyclic) bond motifs is 1. The van der Waals surface area contributed by atoms with E-state index in [2.05, 4.69) is 25.5 Å². The lowest BCUT2D eigenvalue weighted by Crippen LogP contribution is -2.17. The van der Waals surface area contributed by atoms with Gasteiger partial charge in [-0.05, 0) is 30.3 Å². The van der Waals surface area contributed by atoms with Gasteiger partial charge in [-0.25, -0.2) is 10.4 Å². The fourth-order valence-corrected chi connectivity index (χ4v) is 1.75. The van der Waals surface area contributed by atoms with Gasteiger partial charge in [-0.3, -0.25) is 9.78 Å². The second-order valence-corrected chi connectivity index (χ2v) is 4.09. The number of H-pyrrole nitrogens is 1. The van der Waals surface area contributed by atoms with E-state index in [0.717, 1.165) is 11.0 Å². The molecule has 0 fully saturated rings. The van der Waals surface area contributed by atoms with Crippen LogP contribution in [-0.2, 0) is 0 Å². The lowest BCUT2D eigenvalue weighted by atomic mass is 10.2. The molecule has 0 saturated carbocycles. The summed E-state index contributed by atoms with van der Waals surface area (Å²) in [4.78, 5) is 23.0. The zero-order valence-electron chi connectivity index (χ0n) is 10.4. The number of aromatic amines is 1. The van der Waals surface area contributed by atoms with E-state index in [1.54, 1.807) is 36.8 Å². The van der Waals surface area contributed by atoms with Gasteiger partial charge in [-0.1, -0.05) is 6.07 Å². The first-order chi connectivity index (χ1) is 9.83. The number of nitrogens with zero attached hydrogens (tertiary/aromatic N) is 3. The van der Waals surface area contributed by atoms with Crippen molar-refractivity contribution in [1.82, 2.24) is 20.4 Å². The summed E-state index contributed by atoms with van der Waals surface area (Å²) in [6.45, 7) is 0. The molecule has 98 valence electrons. The van der Waals surface area contributed by atoms with Gasteiger partial charge in [0.2, 0.25) is 0 Å². The topological polar surface area (TPSA) is 83.0 Å². The van der Waals surface area contributed by atoms with E-state index in [1.807, 2.05) is 12.1 Å². The molecular formula is C14H11N5O. The SMILES string of the molecule is O=C(N/N=C\c1ccccn1)c1ccc2nc[nH]c2c1. The molecule has 2 heterocycles. The van der Waals surface area contributed by atoms with Crippen LogP contribution >= 0.6 is 0 Å². The summed E-state index contributed by atoms with van der Waals surface area (Å²) in [5.41, 5.74) is 5.28. The highest BCUT2D eigenvalue weighted by Crippen LogP contribution is 2.11. The maximum absolute atomic E-state index is 11.9. The summed E-state index contributed by atoms with van der Waals surface area (Å²) in [5, 5.41) is 3.87. The Labute approximate surface area is 114 Å². The lowest BCUT2D eigenvalue weighted by Gasteiger charge is -1.99. The summed E-state index contributed by atoms with van der Waals surface area (Å²) in [7, 11) is 0. The van der Waals surface area contributed by atoms with Crippen molar-refractivity contribution in [3.05, 3.63) is 60.2 Å². The van der Waals surface area contributed by atoms with Gasteiger partial charge in [0.05, 0.1) is 29.3 Å². The van der Waals surface area contributed by atoms with Crippen molar-refractivity contribution in [1.29, 1.82) is 0 Å². The van der Waals surface area contributed by atoms with Crippen LogP contribution in [0.15, 0.2) is 54.0 Å². The molecule has 6 nitrogen and oxygen atoms in total. The van der Waals surface area contributed by atoms with Crippen molar-refractivity contribution < 1.29 is 4.79 Å². The molecular weight excluding hydrogens is 254 g/mol. The number of rotatable bonds is 3. The Hall–Kier alpha value is -3.02. The number of carbonyl (C=O) groups is 1. The first-order valence-electron chi connectivity index (χ1n) is 6.00. The predicted molar refractivity (Wildman–Crippen MR) is 75.4 cm³/mol. The average molecular weight is 265 g/mol. The van der Waals surface area contributed by atoms with Crippen LogP contribution in [0, 0.1) is 0 Å². The van der Waals surface area contributed by atoms with Crippen LogP contribution in [0.1, 0.15) is 16.1 Å². The summed E-state index contributed by atoms with van der Waals surface area (Å²) in [6, 6.07) is 10.7. The third kappa shape index (κ3) is 2.54. The van der Waals surface area contributed by atoms with Crippen molar-refractivity contribution in [3.63, 3.8) is 0 Å². The number of nitrogens with one attached hydrogen (secondary N) is 2. The normalized spacial score (nSPS) is 11.0. The Balaban J connectivity index is 1.71. The van der Waals surface area contributed by atoms with E-state index in [4.69, 9.17) is 0 Å². The molecule has 0 radical (unpaired) electrons. The van der Waals surface area contributed by atoms with E-state index >= 15 is 0 Å². The maximum atomic E-state index is 11.9. The fraction of sp³-hybridized carbons (Fsp3) is 0. The Morgan fingerprint density at radius 1 is 1.25 bits per heavy atom. The van der Waals surface area contributed by atoms with Crippen LogP contribution in [0.2, 0.25) is 0 Å². The van der Waals surface area contributed by atoms with Crippen molar-refractivity contribution in [2.45, 2.75) is 0 Å². The molecule has 20 heavy (non-hydrogen) atoms. The molecule has 0 spiro atoms. The van der Waals surface area contributed by atoms with Crippen LogP contribution in [0.4, 0.5) is 0 Å². The van der Waals surface area contributed by atoms with Crippen molar-refractivity contribution in [2.75, 3.05) is 0 Å². The van der Waals surface area contributed by atoms with Gasteiger partial charge in [-0.15, -0.1) is 0 Å². The first kappa shape index (κ1) is 12.0. The molecule has 1 aromatic carbocycles. The minimum atomic E-state index is -0.284. The molecule has 0 aliphatic rings. The van der Waals surface area contributed by atoms with Gasteiger partial charge < -0.3 is 4.98 Å². The highest BCUT2D eigenvalue weighted by Gasteiger charge is 2.05. The molecule has 0 saturated heterocycles. The van der Waals surface area contributed by atoms with E-state index in [0.29, 0.717) is 11.3 Å². The van der Waals surface area contributed by atoms with Crippen molar-refractivity contribution in [3.8, 4) is 0 Å². The zero-order valence-corrected chi connectivity index (χ0v) is 10.4. The number of hydrazone groups is 1. The Morgan fingerprint density at radius 3 is 3.05 bits per heavy atom. The van der Waals surface area contributed by atoms with Gasteiger partial charge in [0.1, 0.15) is 0 Å². The second kappa shape index (κ2) is 5.31. The minimum Gasteiger partial charge on any atom is -0.345 e. The van der Waals surface area contributed by atoms with Gasteiger partial charge >= 0.3 is 0 Å². The predicted octanol–water partition coefficient (Wildman–Crippen LogP) is 1.72. The van der Waals surface area contributed by atoms with Crippen LogP contribution < -0.4 is 5.43 Å². The average Bonchev–Trinajstić information content (AvgIpc) is 2.95. The van der Waals surface area contributed by atoms with E-state index < -0.39 is 0 Å². The highest BCUT2D eigenvalue weighted by atomic mass is 16.2. The molecule has 0 atom stereocenters. The van der Waals surface area contributed by atoms with Gasteiger partial charge in [0, 0.05) is 11.8 Å². The molecule has 6 heteroatoms. The van der Waals surface area contributed by atoms with Crippen LogP contribution in [0.3, 0.4) is 0 Å². The van der Waals surface area contributed by atoms with Gasteiger partial charge in [0.15, 0.2) is 0 Å². The quantitative estimate of drug-likeness (QED) is 0.558. The molecule has 0 aliphatic heterocycles. The molecule has 3 aromatic rings. The number of amides is 1. The Bertz CT molecular complexity index is 763. The number of pyridine rings is 1. The standard InChI is InChI=1S/C14H11N5O/c20-14(19-18-8-11-3-1-2-6-15-11)10-4-5-12-13(7-10)17-9-16-12/h1-9H,(H,16,17)(H,19,20)/b18-8-. The van der Waals surface area contributed by atoms with Gasteiger partial charge in [-0.2, -0.15) is 5.10 Å². The summed E-state index contributed by atoms with van der Waals surface area (Å²) < 4.78 is 0. The smallest absolute Gasteiger partial charge is 0.271 e. The Morgan fingerprint density at radius 2 is 2.20 bits per heavy atom.